The van der Waals surface area contributed by atoms with Gasteiger partial charge in [-0.3, -0.25) is 0 Å². The fourth-order valence-electron chi connectivity index (χ4n) is 2.77. The first-order valence-corrected chi connectivity index (χ1v) is 7.93. The van der Waals surface area contributed by atoms with Crippen molar-refractivity contribution in [2.24, 2.45) is 0 Å². The average Bonchev–Trinajstić information content (AvgIpc) is 3.03. The van der Waals surface area contributed by atoms with Crippen molar-refractivity contribution in [1.29, 1.82) is 0 Å². The van der Waals surface area contributed by atoms with Crippen LogP contribution >= 0.6 is 0 Å². The summed E-state index contributed by atoms with van der Waals surface area (Å²) in [4.78, 5) is 4.54. The Labute approximate surface area is 139 Å². The molecule has 0 aliphatic carbocycles. The SMILES string of the molecule is CC(F)COc1ccc2cc(-n3cc4ccccc4c3)ncc2c1. The Hall–Kier alpha value is -2.88. The average molecular weight is 320 g/mol. The maximum atomic E-state index is 12.9. The van der Waals surface area contributed by atoms with Gasteiger partial charge in [0.25, 0.3) is 0 Å². The number of rotatable bonds is 4. The molecule has 0 fully saturated rings. The first kappa shape index (κ1) is 14.7. The minimum absolute atomic E-state index is 0.0625. The van der Waals surface area contributed by atoms with Crippen LogP contribution in [0.1, 0.15) is 6.92 Å². The van der Waals surface area contributed by atoms with E-state index >= 15 is 0 Å². The second kappa shape index (κ2) is 5.96. The van der Waals surface area contributed by atoms with Gasteiger partial charge >= 0.3 is 0 Å². The van der Waals surface area contributed by atoms with Crippen LogP contribution < -0.4 is 4.74 Å². The Bertz CT molecular complexity index is 974. The Kier molecular flexibility index (Phi) is 3.65. The van der Waals surface area contributed by atoms with Crippen molar-refractivity contribution in [3.05, 3.63) is 67.1 Å². The van der Waals surface area contributed by atoms with Crippen LogP contribution in [0.2, 0.25) is 0 Å². The summed E-state index contributed by atoms with van der Waals surface area (Å²) in [5.74, 6) is 1.53. The number of ether oxygens (including phenoxy) is 1. The highest BCUT2D eigenvalue weighted by Gasteiger charge is 2.05. The van der Waals surface area contributed by atoms with Crippen molar-refractivity contribution in [2.75, 3.05) is 6.61 Å². The van der Waals surface area contributed by atoms with E-state index in [0.29, 0.717) is 5.75 Å². The third kappa shape index (κ3) is 2.83. The van der Waals surface area contributed by atoms with Crippen molar-refractivity contribution >= 4 is 21.5 Å². The molecular formula is C20H17FN2O. The fraction of sp³-hybridized carbons (Fsp3) is 0.150. The molecule has 4 aromatic rings. The number of alkyl halides is 1. The smallest absolute Gasteiger partial charge is 0.137 e. The van der Waals surface area contributed by atoms with Crippen molar-refractivity contribution in [3.8, 4) is 11.6 Å². The molecule has 24 heavy (non-hydrogen) atoms. The van der Waals surface area contributed by atoms with Gasteiger partial charge in [0.2, 0.25) is 0 Å². The normalized spacial score (nSPS) is 12.6. The summed E-state index contributed by atoms with van der Waals surface area (Å²) in [5.41, 5.74) is 0. The standard InChI is InChI=1S/C20H17FN2O/c1-14(21)13-24-19-7-6-15-9-20(22-10-18(15)8-19)23-11-16-4-2-3-5-17(16)12-23/h2-12,14H,13H2,1H3. The maximum absolute atomic E-state index is 12.9. The Morgan fingerprint density at radius 1 is 1.00 bits per heavy atom. The molecule has 0 aliphatic heterocycles. The van der Waals surface area contributed by atoms with Gasteiger partial charge in [-0.05, 0) is 41.3 Å². The van der Waals surface area contributed by atoms with Gasteiger partial charge in [-0.15, -0.1) is 0 Å². The lowest BCUT2D eigenvalue weighted by Crippen LogP contribution is -2.08. The van der Waals surface area contributed by atoms with Crippen LogP contribution in [-0.4, -0.2) is 22.3 Å². The lowest BCUT2D eigenvalue weighted by molar-refractivity contribution is 0.210. The summed E-state index contributed by atoms with van der Waals surface area (Å²) in [6.07, 6.45) is 4.98. The van der Waals surface area contributed by atoms with Crippen LogP contribution in [0.5, 0.6) is 5.75 Å². The first-order chi connectivity index (χ1) is 11.7. The van der Waals surface area contributed by atoms with Gasteiger partial charge < -0.3 is 9.30 Å². The number of halogens is 1. The number of hydrogen-bond acceptors (Lipinski definition) is 2. The van der Waals surface area contributed by atoms with E-state index in [0.717, 1.165) is 16.6 Å². The van der Waals surface area contributed by atoms with E-state index in [2.05, 4.69) is 29.5 Å². The quantitative estimate of drug-likeness (QED) is 0.534. The summed E-state index contributed by atoms with van der Waals surface area (Å²) in [6.45, 7) is 1.54. The topological polar surface area (TPSA) is 27.1 Å². The monoisotopic (exact) mass is 320 g/mol. The highest BCUT2D eigenvalue weighted by atomic mass is 19.1. The molecule has 0 N–H and O–H groups in total. The molecule has 4 rings (SSSR count). The van der Waals surface area contributed by atoms with Gasteiger partial charge in [-0.2, -0.15) is 0 Å². The van der Waals surface area contributed by atoms with Crippen molar-refractivity contribution < 1.29 is 9.13 Å². The number of fused-ring (bicyclic) bond motifs is 2. The van der Waals surface area contributed by atoms with Crippen LogP contribution in [-0.2, 0) is 0 Å². The molecule has 0 amide bonds. The largest absolute Gasteiger partial charge is 0.491 e. The van der Waals surface area contributed by atoms with Crippen molar-refractivity contribution in [1.82, 2.24) is 9.55 Å². The highest BCUT2D eigenvalue weighted by molar-refractivity contribution is 5.86. The lowest BCUT2D eigenvalue weighted by Gasteiger charge is -2.08. The Morgan fingerprint density at radius 3 is 2.46 bits per heavy atom. The molecule has 0 spiro atoms. The van der Waals surface area contributed by atoms with Crippen molar-refractivity contribution in [2.45, 2.75) is 13.1 Å². The minimum atomic E-state index is -0.982. The van der Waals surface area contributed by atoms with Gasteiger partial charge in [-0.1, -0.05) is 30.3 Å². The molecule has 2 heterocycles. The molecule has 2 aromatic carbocycles. The van der Waals surface area contributed by atoms with E-state index in [1.165, 1.54) is 17.7 Å². The Morgan fingerprint density at radius 2 is 1.75 bits per heavy atom. The zero-order chi connectivity index (χ0) is 16.5. The summed E-state index contributed by atoms with van der Waals surface area (Å²) in [6, 6.07) is 16.0. The number of hydrogen-bond donors (Lipinski definition) is 0. The molecule has 2 aromatic heterocycles. The van der Waals surface area contributed by atoms with Crippen LogP contribution in [0.3, 0.4) is 0 Å². The second-order valence-corrected chi connectivity index (χ2v) is 5.94. The van der Waals surface area contributed by atoms with Gasteiger partial charge in [0.15, 0.2) is 0 Å². The van der Waals surface area contributed by atoms with Gasteiger partial charge in [0, 0.05) is 24.0 Å². The molecule has 0 saturated heterocycles. The first-order valence-electron chi connectivity index (χ1n) is 7.93. The van der Waals surface area contributed by atoms with Crippen LogP contribution in [0.25, 0.3) is 27.4 Å². The number of nitrogens with zero attached hydrogens (tertiary/aromatic N) is 2. The third-order valence-corrected chi connectivity index (χ3v) is 3.98. The van der Waals surface area contributed by atoms with E-state index in [1.54, 1.807) is 0 Å². The van der Waals surface area contributed by atoms with Gasteiger partial charge in [0.05, 0.1) is 0 Å². The molecule has 1 atom stereocenters. The summed E-state index contributed by atoms with van der Waals surface area (Å²) >= 11 is 0. The molecule has 0 radical (unpaired) electrons. The predicted molar refractivity (Wildman–Crippen MR) is 94.6 cm³/mol. The van der Waals surface area contributed by atoms with Crippen molar-refractivity contribution in [3.63, 3.8) is 0 Å². The molecule has 0 bridgehead atoms. The fourth-order valence-corrected chi connectivity index (χ4v) is 2.77. The summed E-state index contributed by atoms with van der Waals surface area (Å²) < 4.78 is 20.3. The van der Waals surface area contributed by atoms with Gasteiger partial charge in [-0.25, -0.2) is 9.37 Å². The number of aromatic nitrogens is 2. The molecule has 3 nitrogen and oxygen atoms in total. The van der Waals surface area contributed by atoms with Crippen LogP contribution in [0.4, 0.5) is 4.39 Å². The molecule has 0 aliphatic rings. The van der Waals surface area contributed by atoms with E-state index in [4.69, 9.17) is 4.74 Å². The van der Waals surface area contributed by atoms with E-state index in [1.807, 2.05) is 47.2 Å². The second-order valence-electron chi connectivity index (χ2n) is 5.94. The third-order valence-electron chi connectivity index (χ3n) is 3.98. The zero-order valence-corrected chi connectivity index (χ0v) is 13.3. The number of benzene rings is 2. The zero-order valence-electron chi connectivity index (χ0n) is 13.3. The molecule has 1 unspecified atom stereocenters. The Balaban J connectivity index is 1.69. The summed E-state index contributed by atoms with van der Waals surface area (Å²) in [7, 11) is 0. The minimum Gasteiger partial charge on any atom is -0.491 e. The van der Waals surface area contributed by atoms with Crippen LogP contribution in [0, 0.1) is 0 Å². The van der Waals surface area contributed by atoms with E-state index in [-0.39, 0.29) is 6.61 Å². The molecule has 4 heteroatoms. The predicted octanol–water partition coefficient (Wildman–Crippen LogP) is 4.92. The van der Waals surface area contributed by atoms with Crippen LogP contribution in [0.15, 0.2) is 67.1 Å². The molecule has 120 valence electrons. The van der Waals surface area contributed by atoms with E-state index < -0.39 is 6.17 Å². The maximum Gasteiger partial charge on any atom is 0.137 e. The van der Waals surface area contributed by atoms with E-state index in [9.17, 15) is 4.39 Å². The highest BCUT2D eigenvalue weighted by Crippen LogP contribution is 2.24. The molecular weight excluding hydrogens is 303 g/mol. The summed E-state index contributed by atoms with van der Waals surface area (Å²) in [5, 5.41) is 4.41. The number of pyridine rings is 1. The lowest BCUT2D eigenvalue weighted by atomic mass is 10.1. The van der Waals surface area contributed by atoms with Gasteiger partial charge in [0.1, 0.15) is 24.3 Å². The molecule has 0 saturated carbocycles.